The van der Waals surface area contributed by atoms with E-state index in [-0.39, 0.29) is 5.91 Å². The molecule has 1 amide bonds. The third-order valence-electron chi connectivity index (χ3n) is 3.17. The van der Waals surface area contributed by atoms with Crippen LogP contribution in [0.5, 0.6) is 11.5 Å². The van der Waals surface area contributed by atoms with E-state index in [1.54, 1.807) is 44.6 Å². The predicted octanol–water partition coefficient (Wildman–Crippen LogP) is 4.88. The smallest absolute Gasteiger partial charge is 0.234 e. The highest BCUT2D eigenvalue weighted by Crippen LogP contribution is 2.30. The van der Waals surface area contributed by atoms with Gasteiger partial charge in [0.2, 0.25) is 5.91 Å². The molecular formula is C17H17Cl2NO3S. The van der Waals surface area contributed by atoms with Gasteiger partial charge in [0, 0.05) is 27.6 Å². The lowest BCUT2D eigenvalue weighted by atomic mass is 10.2. The lowest BCUT2D eigenvalue weighted by molar-refractivity contribution is -0.113. The van der Waals surface area contributed by atoms with Crippen LogP contribution in [0, 0.1) is 0 Å². The Hall–Kier alpha value is -1.56. The molecule has 0 aliphatic carbocycles. The number of nitrogens with one attached hydrogen (secondary N) is 1. The summed E-state index contributed by atoms with van der Waals surface area (Å²) in [6, 6.07) is 10.6. The Morgan fingerprint density at radius 3 is 2.50 bits per heavy atom. The number of anilines is 1. The van der Waals surface area contributed by atoms with Crippen LogP contribution in [0.15, 0.2) is 36.4 Å². The first-order valence-corrected chi connectivity index (χ1v) is 8.98. The van der Waals surface area contributed by atoms with Gasteiger partial charge in [-0.15, -0.1) is 11.8 Å². The van der Waals surface area contributed by atoms with Crippen molar-refractivity contribution in [1.29, 1.82) is 0 Å². The Bertz CT molecular complexity index is 725. The van der Waals surface area contributed by atoms with Crippen molar-refractivity contribution in [2.24, 2.45) is 0 Å². The summed E-state index contributed by atoms with van der Waals surface area (Å²) >= 11 is 13.5. The van der Waals surface area contributed by atoms with Crippen LogP contribution in [0.25, 0.3) is 0 Å². The van der Waals surface area contributed by atoms with Crippen molar-refractivity contribution in [3.63, 3.8) is 0 Å². The van der Waals surface area contributed by atoms with Crippen LogP contribution < -0.4 is 14.8 Å². The zero-order valence-corrected chi connectivity index (χ0v) is 15.6. The molecule has 0 aliphatic heterocycles. The number of ether oxygens (including phenoxy) is 2. The molecule has 0 saturated carbocycles. The Labute approximate surface area is 155 Å². The normalized spacial score (nSPS) is 10.3. The fraction of sp³-hybridized carbons (Fsp3) is 0.235. The van der Waals surface area contributed by atoms with E-state index in [4.69, 9.17) is 32.7 Å². The van der Waals surface area contributed by atoms with Gasteiger partial charge >= 0.3 is 0 Å². The highest BCUT2D eigenvalue weighted by Gasteiger charge is 2.08. The van der Waals surface area contributed by atoms with Gasteiger partial charge in [-0.3, -0.25) is 4.79 Å². The van der Waals surface area contributed by atoms with Gasteiger partial charge in [0.15, 0.2) is 11.5 Å². The number of amides is 1. The van der Waals surface area contributed by atoms with Gasteiger partial charge in [0.05, 0.1) is 20.0 Å². The number of carbonyl (C=O) groups excluding carboxylic acids is 1. The molecule has 0 aromatic heterocycles. The Morgan fingerprint density at radius 1 is 1.08 bits per heavy atom. The lowest BCUT2D eigenvalue weighted by Gasteiger charge is -2.10. The standard InChI is InChI=1S/C17H17Cl2NO3S/c1-22-15-6-5-13(8-16(15)23-2)20-17(21)10-24-9-11-3-4-12(18)7-14(11)19/h3-8H,9-10H2,1-2H3,(H,20,21). The zero-order chi connectivity index (χ0) is 17.5. The van der Waals surface area contributed by atoms with E-state index < -0.39 is 0 Å². The number of thioether (sulfide) groups is 1. The van der Waals surface area contributed by atoms with Crippen LogP contribution in [-0.4, -0.2) is 25.9 Å². The Kier molecular flexibility index (Phi) is 7.09. The van der Waals surface area contributed by atoms with Crippen molar-refractivity contribution >= 4 is 46.6 Å². The number of benzene rings is 2. The molecule has 1 N–H and O–H groups in total. The van der Waals surface area contributed by atoms with E-state index in [1.165, 1.54) is 11.8 Å². The van der Waals surface area contributed by atoms with Crippen LogP contribution in [0.4, 0.5) is 5.69 Å². The highest BCUT2D eigenvalue weighted by atomic mass is 35.5. The van der Waals surface area contributed by atoms with E-state index in [1.807, 2.05) is 6.07 Å². The molecule has 7 heteroatoms. The van der Waals surface area contributed by atoms with E-state index in [0.29, 0.717) is 38.7 Å². The van der Waals surface area contributed by atoms with Gasteiger partial charge < -0.3 is 14.8 Å². The maximum atomic E-state index is 12.0. The maximum Gasteiger partial charge on any atom is 0.234 e. The molecule has 0 fully saturated rings. The second kappa shape index (κ2) is 9.06. The van der Waals surface area contributed by atoms with E-state index in [2.05, 4.69) is 5.32 Å². The molecule has 128 valence electrons. The minimum absolute atomic E-state index is 0.0997. The molecule has 0 bridgehead atoms. The number of hydrogen-bond donors (Lipinski definition) is 1. The molecular weight excluding hydrogens is 369 g/mol. The Morgan fingerprint density at radius 2 is 1.83 bits per heavy atom. The van der Waals surface area contributed by atoms with Crippen LogP contribution in [-0.2, 0) is 10.5 Å². The summed E-state index contributed by atoms with van der Waals surface area (Å²) in [5, 5.41) is 4.03. The molecule has 24 heavy (non-hydrogen) atoms. The van der Waals surface area contributed by atoms with Crippen molar-refractivity contribution in [1.82, 2.24) is 0 Å². The van der Waals surface area contributed by atoms with Crippen molar-refractivity contribution in [2.75, 3.05) is 25.3 Å². The minimum atomic E-state index is -0.0997. The van der Waals surface area contributed by atoms with Crippen LogP contribution in [0.1, 0.15) is 5.56 Å². The molecule has 0 radical (unpaired) electrons. The second-order valence-corrected chi connectivity index (χ2v) is 6.68. The number of carbonyl (C=O) groups is 1. The number of hydrogen-bond acceptors (Lipinski definition) is 4. The fourth-order valence-electron chi connectivity index (χ4n) is 2.00. The SMILES string of the molecule is COc1ccc(NC(=O)CSCc2ccc(Cl)cc2Cl)cc1OC. The molecule has 0 saturated heterocycles. The quantitative estimate of drug-likeness (QED) is 0.737. The molecule has 0 aliphatic rings. The number of methoxy groups -OCH3 is 2. The molecule has 0 unspecified atom stereocenters. The van der Waals surface area contributed by atoms with Gasteiger partial charge in [-0.1, -0.05) is 29.3 Å². The van der Waals surface area contributed by atoms with Gasteiger partial charge in [-0.2, -0.15) is 0 Å². The molecule has 2 aromatic rings. The maximum absolute atomic E-state index is 12.0. The molecule has 0 heterocycles. The summed E-state index contributed by atoms with van der Waals surface area (Å²) in [5.74, 6) is 2.03. The molecule has 0 spiro atoms. The van der Waals surface area contributed by atoms with E-state index in [9.17, 15) is 4.79 Å². The number of rotatable bonds is 7. The first-order chi connectivity index (χ1) is 11.5. The first-order valence-electron chi connectivity index (χ1n) is 7.07. The van der Waals surface area contributed by atoms with Gasteiger partial charge in [-0.25, -0.2) is 0 Å². The molecule has 4 nitrogen and oxygen atoms in total. The molecule has 2 aromatic carbocycles. The fourth-order valence-corrected chi connectivity index (χ4v) is 3.39. The Balaban J connectivity index is 1.87. The van der Waals surface area contributed by atoms with Gasteiger partial charge in [0.1, 0.15) is 0 Å². The molecule has 0 atom stereocenters. The van der Waals surface area contributed by atoms with Crippen molar-refractivity contribution in [2.45, 2.75) is 5.75 Å². The van der Waals surface area contributed by atoms with Crippen molar-refractivity contribution in [3.8, 4) is 11.5 Å². The summed E-state index contributed by atoms with van der Waals surface area (Å²) in [6.45, 7) is 0. The van der Waals surface area contributed by atoms with Gasteiger partial charge in [0.25, 0.3) is 0 Å². The topological polar surface area (TPSA) is 47.6 Å². The zero-order valence-electron chi connectivity index (χ0n) is 13.3. The third-order valence-corrected chi connectivity index (χ3v) is 4.74. The van der Waals surface area contributed by atoms with E-state index >= 15 is 0 Å². The second-order valence-electron chi connectivity index (χ2n) is 4.85. The summed E-state index contributed by atoms with van der Waals surface area (Å²) in [6.07, 6.45) is 0. The highest BCUT2D eigenvalue weighted by molar-refractivity contribution is 7.99. The minimum Gasteiger partial charge on any atom is -0.493 e. The van der Waals surface area contributed by atoms with Crippen LogP contribution in [0.3, 0.4) is 0 Å². The van der Waals surface area contributed by atoms with E-state index in [0.717, 1.165) is 5.56 Å². The van der Waals surface area contributed by atoms with Crippen molar-refractivity contribution < 1.29 is 14.3 Å². The van der Waals surface area contributed by atoms with Gasteiger partial charge in [-0.05, 0) is 29.8 Å². The predicted molar refractivity (Wildman–Crippen MR) is 101 cm³/mol. The number of halogens is 2. The summed E-state index contributed by atoms with van der Waals surface area (Å²) in [7, 11) is 3.11. The first kappa shape index (κ1) is 18.8. The summed E-state index contributed by atoms with van der Waals surface area (Å²) in [5.41, 5.74) is 1.60. The summed E-state index contributed by atoms with van der Waals surface area (Å²) in [4.78, 5) is 12.0. The average Bonchev–Trinajstić information content (AvgIpc) is 2.56. The van der Waals surface area contributed by atoms with Crippen LogP contribution >= 0.6 is 35.0 Å². The summed E-state index contributed by atoms with van der Waals surface area (Å²) < 4.78 is 10.4. The van der Waals surface area contributed by atoms with Crippen molar-refractivity contribution in [3.05, 3.63) is 52.0 Å². The van der Waals surface area contributed by atoms with Crippen LogP contribution in [0.2, 0.25) is 10.0 Å². The lowest BCUT2D eigenvalue weighted by Crippen LogP contribution is -2.14. The average molecular weight is 386 g/mol. The third kappa shape index (κ3) is 5.23. The molecule has 2 rings (SSSR count). The monoisotopic (exact) mass is 385 g/mol. The largest absolute Gasteiger partial charge is 0.493 e.